The van der Waals surface area contributed by atoms with Crippen LogP contribution in [0.1, 0.15) is 6.92 Å². The van der Waals surface area contributed by atoms with E-state index in [0.29, 0.717) is 17.2 Å². The molecule has 0 bridgehead atoms. The third kappa shape index (κ3) is 4.11. The summed E-state index contributed by atoms with van der Waals surface area (Å²) in [4.78, 5) is 13.6. The largest absolute Gasteiger partial charge is 0.493 e. The average Bonchev–Trinajstić information content (AvgIpc) is 2.67. The normalized spacial score (nSPS) is 11.8. The summed E-state index contributed by atoms with van der Waals surface area (Å²) >= 11 is 1.54. The first-order chi connectivity index (χ1) is 12.6. The molecule has 0 unspecified atom stereocenters. The maximum Gasteiger partial charge on any atom is 0.237 e. The van der Waals surface area contributed by atoms with Crippen molar-refractivity contribution in [3.63, 3.8) is 0 Å². The van der Waals surface area contributed by atoms with Gasteiger partial charge in [-0.15, -0.1) is 11.8 Å². The van der Waals surface area contributed by atoms with Crippen LogP contribution in [0, 0.1) is 0 Å². The molecule has 1 N–H and O–H groups in total. The maximum atomic E-state index is 12.5. The molecule has 0 spiro atoms. The van der Waals surface area contributed by atoms with Crippen LogP contribution in [-0.2, 0) is 4.79 Å². The molecule has 26 heavy (non-hydrogen) atoms. The van der Waals surface area contributed by atoms with Crippen molar-refractivity contribution in [3.8, 4) is 11.5 Å². The van der Waals surface area contributed by atoms with Crippen molar-refractivity contribution in [2.45, 2.75) is 17.1 Å². The number of methoxy groups -OCH3 is 2. The van der Waals surface area contributed by atoms with Gasteiger partial charge in [0.15, 0.2) is 11.5 Å². The zero-order valence-electron chi connectivity index (χ0n) is 15.0. The summed E-state index contributed by atoms with van der Waals surface area (Å²) < 4.78 is 10.5. The zero-order valence-corrected chi connectivity index (χ0v) is 15.8. The van der Waals surface area contributed by atoms with Crippen LogP contribution < -0.4 is 14.8 Å². The molecule has 0 aliphatic heterocycles. The molecule has 134 valence electrons. The standard InChI is InChI=1S/C21H21NO3S/c1-14(26-18-10-8-15-6-4-5-7-16(15)12-18)21(23)22-17-9-11-19(24-2)20(13-17)25-3/h4-14H,1-3H3,(H,22,23)/t14-/m0/s1. The lowest BCUT2D eigenvalue weighted by atomic mass is 10.1. The molecule has 1 atom stereocenters. The van der Waals surface area contributed by atoms with Crippen LogP contribution in [0.25, 0.3) is 10.8 Å². The Morgan fingerprint density at radius 1 is 0.923 bits per heavy atom. The lowest BCUT2D eigenvalue weighted by molar-refractivity contribution is -0.115. The number of nitrogens with one attached hydrogen (secondary N) is 1. The molecule has 5 heteroatoms. The van der Waals surface area contributed by atoms with Crippen molar-refractivity contribution in [2.24, 2.45) is 0 Å². The highest BCUT2D eigenvalue weighted by atomic mass is 32.2. The lowest BCUT2D eigenvalue weighted by Crippen LogP contribution is -2.22. The third-order valence-electron chi connectivity index (χ3n) is 4.05. The molecule has 0 aromatic heterocycles. The third-order valence-corrected chi connectivity index (χ3v) is 5.15. The first-order valence-electron chi connectivity index (χ1n) is 8.29. The van der Waals surface area contributed by atoms with Gasteiger partial charge >= 0.3 is 0 Å². The van der Waals surface area contributed by atoms with Gasteiger partial charge in [-0.05, 0) is 42.0 Å². The van der Waals surface area contributed by atoms with Crippen LogP contribution in [0.5, 0.6) is 11.5 Å². The summed E-state index contributed by atoms with van der Waals surface area (Å²) in [5.74, 6) is 1.15. The topological polar surface area (TPSA) is 47.6 Å². The molecule has 4 nitrogen and oxygen atoms in total. The van der Waals surface area contributed by atoms with Gasteiger partial charge < -0.3 is 14.8 Å². The van der Waals surface area contributed by atoms with Crippen molar-refractivity contribution in [2.75, 3.05) is 19.5 Å². The van der Waals surface area contributed by atoms with E-state index in [4.69, 9.17) is 9.47 Å². The van der Waals surface area contributed by atoms with Crippen LogP contribution in [0.4, 0.5) is 5.69 Å². The van der Waals surface area contributed by atoms with Crippen molar-refractivity contribution in [1.82, 2.24) is 0 Å². The Balaban J connectivity index is 1.69. The van der Waals surface area contributed by atoms with Crippen LogP contribution in [0.2, 0.25) is 0 Å². The van der Waals surface area contributed by atoms with Crippen LogP contribution >= 0.6 is 11.8 Å². The lowest BCUT2D eigenvalue weighted by Gasteiger charge is -2.14. The van der Waals surface area contributed by atoms with E-state index in [9.17, 15) is 4.79 Å². The maximum absolute atomic E-state index is 12.5. The Hall–Kier alpha value is -2.66. The van der Waals surface area contributed by atoms with Gasteiger partial charge in [0.25, 0.3) is 0 Å². The predicted molar refractivity (Wildman–Crippen MR) is 107 cm³/mol. The van der Waals surface area contributed by atoms with Gasteiger partial charge in [0.2, 0.25) is 5.91 Å². The van der Waals surface area contributed by atoms with E-state index in [1.807, 2.05) is 25.1 Å². The molecule has 3 aromatic rings. The highest BCUT2D eigenvalue weighted by Gasteiger charge is 2.16. The number of amides is 1. The smallest absolute Gasteiger partial charge is 0.237 e. The Morgan fingerprint density at radius 3 is 2.38 bits per heavy atom. The molecule has 0 fully saturated rings. The van der Waals surface area contributed by atoms with E-state index < -0.39 is 0 Å². The van der Waals surface area contributed by atoms with Crippen molar-refractivity contribution >= 4 is 34.1 Å². The van der Waals surface area contributed by atoms with E-state index in [2.05, 4.69) is 29.6 Å². The van der Waals surface area contributed by atoms with Gasteiger partial charge in [-0.25, -0.2) is 0 Å². The average molecular weight is 367 g/mol. The molecule has 0 aliphatic carbocycles. The number of benzene rings is 3. The molecule has 0 radical (unpaired) electrons. The molecule has 1 amide bonds. The second-order valence-electron chi connectivity index (χ2n) is 5.83. The quantitative estimate of drug-likeness (QED) is 0.625. The second-order valence-corrected chi connectivity index (χ2v) is 7.24. The van der Waals surface area contributed by atoms with Gasteiger partial charge in [-0.3, -0.25) is 4.79 Å². The monoisotopic (exact) mass is 367 g/mol. The SMILES string of the molecule is COc1ccc(NC(=O)[C@H](C)Sc2ccc3ccccc3c2)cc1OC. The molecular weight excluding hydrogens is 346 g/mol. The van der Waals surface area contributed by atoms with Crippen molar-refractivity contribution in [1.29, 1.82) is 0 Å². The fraction of sp³-hybridized carbons (Fsp3) is 0.190. The highest BCUT2D eigenvalue weighted by Crippen LogP contribution is 2.31. The minimum Gasteiger partial charge on any atom is -0.493 e. The van der Waals surface area contributed by atoms with Gasteiger partial charge in [0.05, 0.1) is 19.5 Å². The van der Waals surface area contributed by atoms with Gasteiger partial charge in [0, 0.05) is 16.6 Å². The Morgan fingerprint density at radius 2 is 1.65 bits per heavy atom. The molecule has 3 aromatic carbocycles. The summed E-state index contributed by atoms with van der Waals surface area (Å²) in [7, 11) is 3.15. The number of thioether (sulfide) groups is 1. The number of anilines is 1. The van der Waals surface area contributed by atoms with Crippen molar-refractivity contribution in [3.05, 3.63) is 60.7 Å². The Labute approximate surface area is 157 Å². The number of fused-ring (bicyclic) bond motifs is 1. The van der Waals surface area contributed by atoms with E-state index >= 15 is 0 Å². The number of hydrogen-bond donors (Lipinski definition) is 1. The van der Waals surface area contributed by atoms with Crippen LogP contribution in [0.3, 0.4) is 0 Å². The summed E-state index contributed by atoms with van der Waals surface area (Å²) in [5, 5.41) is 5.06. The van der Waals surface area contributed by atoms with Crippen molar-refractivity contribution < 1.29 is 14.3 Å². The molecule has 3 rings (SSSR count). The predicted octanol–water partition coefficient (Wildman–Crippen LogP) is 4.98. The first-order valence-corrected chi connectivity index (χ1v) is 9.17. The van der Waals surface area contributed by atoms with E-state index in [-0.39, 0.29) is 11.2 Å². The minimum absolute atomic E-state index is 0.0598. The molecule has 0 saturated carbocycles. The van der Waals surface area contributed by atoms with Crippen LogP contribution in [0.15, 0.2) is 65.6 Å². The molecule has 0 saturated heterocycles. The summed E-state index contributed by atoms with van der Waals surface area (Å²) in [6.07, 6.45) is 0. The second kappa shape index (κ2) is 8.15. The summed E-state index contributed by atoms with van der Waals surface area (Å²) in [5.41, 5.74) is 0.679. The fourth-order valence-corrected chi connectivity index (χ4v) is 3.57. The first kappa shape index (κ1) is 18.1. The Bertz CT molecular complexity index is 926. The van der Waals surface area contributed by atoms with Gasteiger partial charge in [0.1, 0.15) is 0 Å². The zero-order chi connectivity index (χ0) is 18.5. The number of hydrogen-bond acceptors (Lipinski definition) is 4. The molecular formula is C21H21NO3S. The minimum atomic E-state index is -0.232. The highest BCUT2D eigenvalue weighted by molar-refractivity contribution is 8.00. The van der Waals surface area contributed by atoms with Gasteiger partial charge in [-0.1, -0.05) is 30.3 Å². The van der Waals surface area contributed by atoms with E-state index in [1.54, 1.807) is 32.4 Å². The summed E-state index contributed by atoms with van der Waals surface area (Å²) in [6, 6.07) is 19.8. The number of carbonyl (C=O) groups is 1. The van der Waals surface area contributed by atoms with E-state index in [0.717, 1.165) is 4.90 Å². The molecule has 0 aliphatic rings. The number of carbonyl (C=O) groups excluding carboxylic acids is 1. The van der Waals surface area contributed by atoms with Crippen LogP contribution in [-0.4, -0.2) is 25.4 Å². The Kier molecular flexibility index (Phi) is 5.68. The summed E-state index contributed by atoms with van der Waals surface area (Å²) in [6.45, 7) is 1.90. The fourth-order valence-electron chi connectivity index (χ4n) is 2.66. The van der Waals surface area contributed by atoms with Gasteiger partial charge in [-0.2, -0.15) is 0 Å². The number of ether oxygens (including phenoxy) is 2. The van der Waals surface area contributed by atoms with E-state index in [1.165, 1.54) is 22.5 Å². The molecule has 0 heterocycles. The number of rotatable bonds is 6.